The van der Waals surface area contributed by atoms with Gasteiger partial charge in [0.05, 0.1) is 0 Å². The van der Waals surface area contributed by atoms with Crippen LogP contribution in [-0.4, -0.2) is 9.97 Å². The Labute approximate surface area is 179 Å². The number of oxazole rings is 1. The van der Waals surface area contributed by atoms with Crippen molar-refractivity contribution in [3.05, 3.63) is 109 Å². The molecule has 2 heterocycles. The molecule has 0 aliphatic rings. The highest BCUT2D eigenvalue weighted by Gasteiger charge is 2.09. The van der Waals surface area contributed by atoms with Gasteiger partial charge in [-0.25, -0.2) is 4.98 Å². The molecule has 2 aromatic heterocycles. The van der Waals surface area contributed by atoms with Crippen LogP contribution < -0.4 is 0 Å². The zero-order valence-corrected chi connectivity index (χ0v) is 16.7. The SMILES string of the molecule is c1ccc2oc(-c3ccc4cc(-c5ccc(-c6ccncc6)cc5)ccc4c3)nc2c1. The fourth-order valence-corrected chi connectivity index (χ4v) is 3.95. The minimum Gasteiger partial charge on any atom is -0.436 e. The Balaban J connectivity index is 1.34. The number of hydrogen-bond donors (Lipinski definition) is 0. The second-order valence-corrected chi connectivity index (χ2v) is 7.58. The first-order valence-corrected chi connectivity index (χ1v) is 10.2. The zero-order valence-electron chi connectivity index (χ0n) is 16.7. The van der Waals surface area contributed by atoms with Gasteiger partial charge in [0.25, 0.3) is 0 Å². The van der Waals surface area contributed by atoms with Crippen molar-refractivity contribution >= 4 is 21.9 Å². The average molecular weight is 398 g/mol. The van der Waals surface area contributed by atoms with Crippen molar-refractivity contribution in [3.8, 4) is 33.7 Å². The summed E-state index contributed by atoms with van der Waals surface area (Å²) >= 11 is 0. The molecule has 6 rings (SSSR count). The minimum atomic E-state index is 0.652. The topological polar surface area (TPSA) is 38.9 Å². The summed E-state index contributed by atoms with van der Waals surface area (Å²) in [7, 11) is 0. The molecule has 0 amide bonds. The summed E-state index contributed by atoms with van der Waals surface area (Å²) in [5.41, 5.74) is 7.43. The molecule has 146 valence electrons. The average Bonchev–Trinajstić information content (AvgIpc) is 3.28. The quantitative estimate of drug-likeness (QED) is 0.312. The molecular formula is C28H18N2O. The van der Waals surface area contributed by atoms with Gasteiger partial charge in [-0.05, 0) is 75.5 Å². The lowest BCUT2D eigenvalue weighted by molar-refractivity contribution is 0.620. The summed E-state index contributed by atoms with van der Waals surface area (Å²) in [4.78, 5) is 8.71. The number of fused-ring (bicyclic) bond motifs is 2. The molecule has 0 atom stereocenters. The monoisotopic (exact) mass is 398 g/mol. The van der Waals surface area contributed by atoms with Gasteiger partial charge in [-0.1, -0.05) is 54.6 Å². The highest BCUT2D eigenvalue weighted by atomic mass is 16.3. The number of nitrogens with zero attached hydrogens (tertiary/aromatic N) is 2. The van der Waals surface area contributed by atoms with Gasteiger partial charge in [0, 0.05) is 18.0 Å². The van der Waals surface area contributed by atoms with Gasteiger partial charge in [0.1, 0.15) is 5.52 Å². The van der Waals surface area contributed by atoms with Crippen LogP contribution in [0.15, 0.2) is 114 Å². The van der Waals surface area contributed by atoms with Crippen molar-refractivity contribution in [1.29, 1.82) is 0 Å². The Bertz CT molecular complexity index is 1480. The summed E-state index contributed by atoms with van der Waals surface area (Å²) in [6.45, 7) is 0. The Morgan fingerprint density at radius 2 is 1.10 bits per heavy atom. The third-order valence-corrected chi connectivity index (χ3v) is 5.61. The summed E-state index contributed by atoms with van der Waals surface area (Å²) in [6.07, 6.45) is 3.64. The van der Waals surface area contributed by atoms with Crippen LogP contribution in [0.2, 0.25) is 0 Å². The molecule has 0 radical (unpaired) electrons. The van der Waals surface area contributed by atoms with E-state index in [2.05, 4.69) is 70.6 Å². The van der Waals surface area contributed by atoms with E-state index in [0.717, 1.165) is 22.0 Å². The lowest BCUT2D eigenvalue weighted by Crippen LogP contribution is -1.83. The first-order valence-electron chi connectivity index (χ1n) is 10.2. The lowest BCUT2D eigenvalue weighted by atomic mass is 9.98. The molecule has 0 N–H and O–H groups in total. The molecule has 0 aliphatic heterocycles. The maximum atomic E-state index is 5.93. The molecule has 0 fully saturated rings. The molecule has 0 spiro atoms. The molecule has 0 unspecified atom stereocenters. The summed E-state index contributed by atoms with van der Waals surface area (Å²) < 4.78 is 5.93. The van der Waals surface area contributed by atoms with Gasteiger partial charge in [-0.2, -0.15) is 0 Å². The lowest BCUT2D eigenvalue weighted by Gasteiger charge is -2.07. The van der Waals surface area contributed by atoms with E-state index in [1.165, 1.54) is 27.6 Å². The van der Waals surface area contributed by atoms with Gasteiger partial charge in [-0.3, -0.25) is 4.98 Å². The van der Waals surface area contributed by atoms with Crippen LogP contribution in [0.5, 0.6) is 0 Å². The van der Waals surface area contributed by atoms with Crippen LogP contribution in [0.3, 0.4) is 0 Å². The van der Waals surface area contributed by atoms with Gasteiger partial charge in [0.15, 0.2) is 5.58 Å². The van der Waals surface area contributed by atoms with Gasteiger partial charge >= 0.3 is 0 Å². The van der Waals surface area contributed by atoms with Crippen LogP contribution in [0.25, 0.3) is 55.6 Å². The molecule has 31 heavy (non-hydrogen) atoms. The molecule has 0 bridgehead atoms. The van der Waals surface area contributed by atoms with Crippen molar-refractivity contribution in [1.82, 2.24) is 9.97 Å². The fraction of sp³-hybridized carbons (Fsp3) is 0. The summed E-state index contributed by atoms with van der Waals surface area (Å²) in [6, 6.07) is 33.5. The second kappa shape index (κ2) is 7.22. The highest BCUT2D eigenvalue weighted by molar-refractivity contribution is 5.90. The number of rotatable bonds is 3. The number of para-hydroxylation sites is 2. The minimum absolute atomic E-state index is 0.652. The number of pyridine rings is 1. The maximum Gasteiger partial charge on any atom is 0.227 e. The molecular weight excluding hydrogens is 380 g/mol. The van der Waals surface area contributed by atoms with Crippen LogP contribution in [0.1, 0.15) is 0 Å². The second-order valence-electron chi connectivity index (χ2n) is 7.58. The van der Waals surface area contributed by atoms with E-state index in [1.807, 2.05) is 48.8 Å². The van der Waals surface area contributed by atoms with Gasteiger partial charge in [0.2, 0.25) is 5.89 Å². The number of benzene rings is 4. The smallest absolute Gasteiger partial charge is 0.227 e. The Kier molecular flexibility index (Phi) is 4.10. The molecule has 4 aromatic carbocycles. The Hall–Kier alpha value is -4.24. The third kappa shape index (κ3) is 3.26. The van der Waals surface area contributed by atoms with Crippen LogP contribution in [0.4, 0.5) is 0 Å². The fourth-order valence-electron chi connectivity index (χ4n) is 3.95. The van der Waals surface area contributed by atoms with Crippen molar-refractivity contribution in [2.45, 2.75) is 0 Å². The van der Waals surface area contributed by atoms with E-state index in [-0.39, 0.29) is 0 Å². The Morgan fingerprint density at radius 3 is 1.84 bits per heavy atom. The number of aromatic nitrogens is 2. The predicted molar refractivity (Wildman–Crippen MR) is 126 cm³/mol. The van der Waals surface area contributed by atoms with Crippen molar-refractivity contribution in [2.24, 2.45) is 0 Å². The molecule has 0 saturated carbocycles. The van der Waals surface area contributed by atoms with Crippen molar-refractivity contribution < 1.29 is 4.42 Å². The van der Waals surface area contributed by atoms with Crippen LogP contribution in [0, 0.1) is 0 Å². The zero-order chi connectivity index (χ0) is 20.6. The van der Waals surface area contributed by atoms with E-state index in [9.17, 15) is 0 Å². The van der Waals surface area contributed by atoms with Crippen molar-refractivity contribution in [2.75, 3.05) is 0 Å². The normalized spacial score (nSPS) is 11.2. The molecule has 0 saturated heterocycles. The standard InChI is InChI=1S/C28H18N2O/c1-2-4-27-26(3-1)30-28(31-27)25-12-11-23-17-22(9-10-24(23)18-25)20-7-5-19(6-8-20)21-13-15-29-16-14-21/h1-18H. The molecule has 3 heteroatoms. The number of hydrogen-bond acceptors (Lipinski definition) is 3. The van der Waals surface area contributed by atoms with Crippen molar-refractivity contribution in [3.63, 3.8) is 0 Å². The first-order chi connectivity index (χ1) is 15.3. The Morgan fingerprint density at radius 1 is 0.516 bits per heavy atom. The summed E-state index contributed by atoms with van der Waals surface area (Å²) in [5, 5.41) is 2.35. The predicted octanol–water partition coefficient (Wildman–Crippen LogP) is 7.38. The largest absolute Gasteiger partial charge is 0.436 e. The van der Waals surface area contributed by atoms with E-state index in [0.29, 0.717) is 5.89 Å². The highest BCUT2D eigenvalue weighted by Crippen LogP contribution is 2.30. The first kappa shape index (κ1) is 17.6. The van der Waals surface area contributed by atoms with E-state index < -0.39 is 0 Å². The maximum absolute atomic E-state index is 5.93. The van der Waals surface area contributed by atoms with Crippen LogP contribution in [-0.2, 0) is 0 Å². The van der Waals surface area contributed by atoms with Gasteiger partial charge < -0.3 is 4.42 Å². The molecule has 3 nitrogen and oxygen atoms in total. The molecule has 6 aromatic rings. The van der Waals surface area contributed by atoms with Crippen LogP contribution >= 0.6 is 0 Å². The van der Waals surface area contributed by atoms with E-state index in [4.69, 9.17) is 4.42 Å². The third-order valence-electron chi connectivity index (χ3n) is 5.61. The molecule has 0 aliphatic carbocycles. The summed E-state index contributed by atoms with van der Waals surface area (Å²) in [5.74, 6) is 0.652. The van der Waals surface area contributed by atoms with E-state index in [1.54, 1.807) is 0 Å². The van der Waals surface area contributed by atoms with E-state index >= 15 is 0 Å². The van der Waals surface area contributed by atoms with Gasteiger partial charge in [-0.15, -0.1) is 0 Å².